The van der Waals surface area contributed by atoms with E-state index in [0.29, 0.717) is 40.3 Å². The van der Waals surface area contributed by atoms with Crippen LogP contribution in [0.1, 0.15) is 35.9 Å². The van der Waals surface area contributed by atoms with Gasteiger partial charge in [0.2, 0.25) is 5.82 Å². The highest BCUT2D eigenvalue weighted by atomic mass is 35.5. The van der Waals surface area contributed by atoms with Crippen LogP contribution in [0.25, 0.3) is 22.0 Å². The summed E-state index contributed by atoms with van der Waals surface area (Å²) < 4.78 is 1.99. The molecule has 10 heteroatoms. The number of imidazole rings is 1. The first-order valence-corrected chi connectivity index (χ1v) is 11.2. The number of carboxylic acid groups (broad SMARTS) is 1. The Bertz CT molecular complexity index is 1250. The molecule has 1 saturated carbocycles. The van der Waals surface area contributed by atoms with Gasteiger partial charge in [-0.1, -0.05) is 23.7 Å². The molecule has 0 unspecified atom stereocenters. The summed E-state index contributed by atoms with van der Waals surface area (Å²) in [6, 6.07) is 7.75. The lowest BCUT2D eigenvalue weighted by atomic mass is 10.2. The molecule has 3 heterocycles. The van der Waals surface area contributed by atoms with Crippen LogP contribution in [-0.2, 0) is 6.54 Å². The Morgan fingerprint density at radius 1 is 1.29 bits per heavy atom. The minimum atomic E-state index is -1.19. The van der Waals surface area contributed by atoms with Crippen molar-refractivity contribution in [3.63, 3.8) is 0 Å². The van der Waals surface area contributed by atoms with E-state index >= 15 is 0 Å². The summed E-state index contributed by atoms with van der Waals surface area (Å²) >= 11 is 7.52. The van der Waals surface area contributed by atoms with Gasteiger partial charge in [0.05, 0.1) is 0 Å². The third kappa shape index (κ3) is 3.98. The van der Waals surface area contributed by atoms with Crippen molar-refractivity contribution >= 4 is 45.9 Å². The summed E-state index contributed by atoms with van der Waals surface area (Å²) in [6.07, 6.45) is 4.03. The zero-order valence-corrected chi connectivity index (χ0v) is 18.2. The SMILES string of the molecule is C[C@@H](Nc1nc(C(=O)O)nc2nc(-c3nccs3)n(Cc3ccc(Cl)cc3)c12)C1CC1. The number of aromatic carboxylic acids is 1. The van der Waals surface area contributed by atoms with Gasteiger partial charge in [-0.25, -0.2) is 24.7 Å². The minimum absolute atomic E-state index is 0.168. The van der Waals surface area contributed by atoms with Gasteiger partial charge in [0.15, 0.2) is 22.3 Å². The van der Waals surface area contributed by atoms with Gasteiger partial charge >= 0.3 is 5.97 Å². The maximum absolute atomic E-state index is 11.7. The van der Waals surface area contributed by atoms with Gasteiger partial charge in [0.25, 0.3) is 0 Å². The molecular weight excluding hydrogens is 436 g/mol. The van der Waals surface area contributed by atoms with E-state index in [2.05, 4.69) is 32.2 Å². The van der Waals surface area contributed by atoms with E-state index in [1.54, 1.807) is 6.20 Å². The van der Waals surface area contributed by atoms with Gasteiger partial charge in [-0.2, -0.15) is 0 Å². The predicted molar refractivity (Wildman–Crippen MR) is 120 cm³/mol. The lowest BCUT2D eigenvalue weighted by Gasteiger charge is -2.16. The molecule has 0 amide bonds. The van der Waals surface area contributed by atoms with Crippen LogP contribution in [-0.4, -0.2) is 41.6 Å². The molecule has 1 aromatic carbocycles. The van der Waals surface area contributed by atoms with Gasteiger partial charge in [-0.05, 0) is 43.4 Å². The molecule has 1 aliphatic carbocycles. The van der Waals surface area contributed by atoms with Crippen molar-refractivity contribution in [2.24, 2.45) is 5.92 Å². The average Bonchev–Trinajstić information content (AvgIpc) is 3.34. The largest absolute Gasteiger partial charge is 0.475 e. The normalized spacial score (nSPS) is 14.6. The van der Waals surface area contributed by atoms with E-state index in [-0.39, 0.29) is 11.9 Å². The summed E-state index contributed by atoms with van der Waals surface area (Å²) in [5.41, 5.74) is 2.01. The molecule has 8 nitrogen and oxygen atoms in total. The Morgan fingerprint density at radius 2 is 2.06 bits per heavy atom. The highest BCUT2D eigenvalue weighted by Gasteiger charge is 2.30. The van der Waals surface area contributed by atoms with Gasteiger partial charge in [-0.15, -0.1) is 11.3 Å². The number of nitrogens with one attached hydrogen (secondary N) is 1. The molecule has 158 valence electrons. The van der Waals surface area contributed by atoms with Crippen LogP contribution in [0.15, 0.2) is 35.8 Å². The Balaban J connectivity index is 1.71. The highest BCUT2D eigenvalue weighted by molar-refractivity contribution is 7.13. The number of nitrogens with zero attached hydrogens (tertiary/aromatic N) is 5. The first-order chi connectivity index (χ1) is 15.0. The topological polar surface area (TPSA) is 106 Å². The maximum Gasteiger partial charge on any atom is 0.374 e. The molecule has 2 N–H and O–H groups in total. The van der Waals surface area contributed by atoms with Gasteiger partial charge in [0.1, 0.15) is 5.52 Å². The van der Waals surface area contributed by atoms with Crippen molar-refractivity contribution in [3.05, 3.63) is 52.3 Å². The summed E-state index contributed by atoms with van der Waals surface area (Å²) in [5, 5.41) is 16.2. The fourth-order valence-corrected chi connectivity index (χ4v) is 4.35. The Kier molecular flexibility index (Phi) is 5.07. The van der Waals surface area contributed by atoms with Crippen LogP contribution in [0.2, 0.25) is 5.02 Å². The Morgan fingerprint density at radius 3 is 2.71 bits per heavy atom. The number of hydrogen-bond donors (Lipinski definition) is 2. The van der Waals surface area contributed by atoms with E-state index in [0.717, 1.165) is 23.4 Å². The zero-order valence-electron chi connectivity index (χ0n) is 16.6. The first kappa shape index (κ1) is 19.9. The predicted octanol–water partition coefficient (Wildman–Crippen LogP) is 4.56. The van der Waals surface area contributed by atoms with Gasteiger partial charge < -0.3 is 15.0 Å². The molecule has 0 aliphatic heterocycles. The fourth-order valence-electron chi connectivity index (χ4n) is 3.59. The first-order valence-electron chi connectivity index (χ1n) is 9.92. The van der Waals surface area contributed by atoms with Crippen LogP contribution >= 0.6 is 22.9 Å². The molecule has 0 spiro atoms. The molecular formula is C21H19ClN6O2S. The number of benzene rings is 1. The van der Waals surface area contributed by atoms with Crippen molar-refractivity contribution in [1.82, 2.24) is 24.5 Å². The van der Waals surface area contributed by atoms with Gasteiger partial charge in [-0.3, -0.25) is 0 Å². The lowest BCUT2D eigenvalue weighted by molar-refractivity contribution is 0.0684. The summed E-state index contributed by atoms with van der Waals surface area (Å²) in [5.74, 6) is 0.196. The molecule has 0 bridgehead atoms. The summed E-state index contributed by atoms with van der Waals surface area (Å²) in [4.78, 5) is 29.3. The average molecular weight is 455 g/mol. The third-order valence-corrected chi connectivity index (χ3v) is 6.39. The number of anilines is 1. The minimum Gasteiger partial charge on any atom is -0.475 e. The maximum atomic E-state index is 11.7. The number of fused-ring (bicyclic) bond motifs is 1. The third-order valence-electron chi connectivity index (χ3n) is 5.37. The standard InChI is InChI=1S/C21H19ClN6O2S/c1-11(13-4-5-13)24-16-15-17(26-18(25-16)21(29)30)27-19(20-23-8-9-31-20)28(15)10-12-2-6-14(22)7-3-12/h2-3,6-9,11,13H,4-5,10H2,1H3,(H,29,30)(H,24,25,26)/t11-/m1/s1. The molecule has 31 heavy (non-hydrogen) atoms. The quantitative estimate of drug-likeness (QED) is 0.421. The van der Waals surface area contributed by atoms with Crippen molar-refractivity contribution in [2.75, 3.05) is 5.32 Å². The van der Waals surface area contributed by atoms with Crippen LogP contribution in [0.3, 0.4) is 0 Å². The second-order valence-corrected chi connectivity index (χ2v) is 8.96. The van der Waals surface area contributed by atoms with E-state index < -0.39 is 5.97 Å². The second-order valence-electron chi connectivity index (χ2n) is 7.63. The van der Waals surface area contributed by atoms with Crippen LogP contribution < -0.4 is 5.32 Å². The van der Waals surface area contributed by atoms with Crippen molar-refractivity contribution < 1.29 is 9.90 Å². The number of carboxylic acids is 1. The molecule has 4 aromatic rings. The molecule has 1 atom stereocenters. The number of hydrogen-bond acceptors (Lipinski definition) is 7. The zero-order chi connectivity index (χ0) is 21.5. The molecule has 1 fully saturated rings. The van der Waals surface area contributed by atoms with E-state index in [9.17, 15) is 9.90 Å². The number of thiazole rings is 1. The fraction of sp³-hybridized carbons (Fsp3) is 0.286. The van der Waals surface area contributed by atoms with E-state index in [1.807, 2.05) is 34.2 Å². The smallest absolute Gasteiger partial charge is 0.374 e. The number of carbonyl (C=O) groups is 1. The van der Waals surface area contributed by atoms with E-state index in [4.69, 9.17) is 11.6 Å². The van der Waals surface area contributed by atoms with Crippen molar-refractivity contribution in [1.29, 1.82) is 0 Å². The lowest BCUT2D eigenvalue weighted by Crippen LogP contribution is -2.20. The summed E-state index contributed by atoms with van der Waals surface area (Å²) in [7, 11) is 0. The van der Waals surface area contributed by atoms with Crippen molar-refractivity contribution in [3.8, 4) is 10.8 Å². The van der Waals surface area contributed by atoms with Crippen LogP contribution in [0, 0.1) is 5.92 Å². The molecule has 1 aliphatic rings. The Hall–Kier alpha value is -3.04. The van der Waals surface area contributed by atoms with E-state index in [1.165, 1.54) is 11.3 Å². The molecule has 0 saturated heterocycles. The highest BCUT2D eigenvalue weighted by Crippen LogP contribution is 2.36. The van der Waals surface area contributed by atoms with Crippen LogP contribution in [0.4, 0.5) is 5.82 Å². The Labute approximate surface area is 187 Å². The number of aromatic nitrogens is 5. The van der Waals surface area contributed by atoms with Gasteiger partial charge in [0, 0.05) is 29.2 Å². The molecule has 0 radical (unpaired) electrons. The van der Waals surface area contributed by atoms with Crippen molar-refractivity contribution in [2.45, 2.75) is 32.4 Å². The monoisotopic (exact) mass is 454 g/mol. The number of halogens is 1. The second kappa shape index (κ2) is 7.90. The van der Waals surface area contributed by atoms with Crippen LogP contribution in [0.5, 0.6) is 0 Å². The number of rotatable bonds is 7. The molecule has 3 aromatic heterocycles. The molecule has 5 rings (SSSR count). The summed E-state index contributed by atoms with van der Waals surface area (Å²) in [6.45, 7) is 2.58.